The number of ether oxygens (including phenoxy) is 2. The predicted octanol–water partition coefficient (Wildman–Crippen LogP) is -11.8. The average Bonchev–Trinajstić information content (AvgIpc) is 2.04. The molecule has 0 saturated carbocycles. The molecule has 0 aliphatic carbocycles. The number of rotatable bonds is 5. The second-order valence-corrected chi connectivity index (χ2v) is 3.98. The Bertz CT molecular complexity index is 110. The Morgan fingerprint density at radius 1 is 1.20 bits per heavy atom. The van der Waals surface area contributed by atoms with Gasteiger partial charge >= 0.3 is 29.6 Å². The zero-order valence-electron chi connectivity index (χ0n) is 8.42. The van der Waals surface area contributed by atoms with Crippen molar-refractivity contribution in [3.63, 3.8) is 0 Å². The van der Waals surface area contributed by atoms with Crippen LogP contribution in [-0.4, -0.2) is 43.4 Å². The summed E-state index contributed by atoms with van der Waals surface area (Å²) >= 11 is -5.94. The van der Waals surface area contributed by atoms with E-state index in [9.17, 15) is 0 Å². The van der Waals surface area contributed by atoms with Crippen molar-refractivity contribution >= 4 is 0 Å². The maximum atomic E-state index is 8.62. The fourth-order valence-corrected chi connectivity index (χ4v) is 0.379. The Balaban J connectivity index is -0.000000208. The third kappa shape index (κ3) is 31.3. The Hall–Kier alpha value is 1.41. The fraction of sp³-hybridized carbons (Fsp3) is 1.00. The van der Waals surface area contributed by atoms with E-state index >= 15 is 0 Å². The van der Waals surface area contributed by atoms with Gasteiger partial charge in [0.05, 0.1) is 19.8 Å². The number of hydrogen-bond acceptors (Lipinski definition) is 8. The quantitative estimate of drug-likeness (QED) is 0.282. The van der Waals surface area contributed by atoms with Gasteiger partial charge in [-0.3, -0.25) is 13.7 Å². The van der Waals surface area contributed by atoms with Crippen molar-refractivity contribution in [1.29, 1.82) is 0 Å². The monoisotopic (exact) mass is 350 g/mol. The van der Waals surface area contributed by atoms with Crippen molar-refractivity contribution in [1.82, 2.24) is 0 Å². The van der Waals surface area contributed by atoms with Crippen LogP contribution < -0.4 is 63.4 Å². The molecule has 10 heteroatoms. The van der Waals surface area contributed by atoms with E-state index in [1.165, 1.54) is 7.11 Å². The van der Waals surface area contributed by atoms with Gasteiger partial charge in [0.15, 0.2) is 6.29 Å². The molecule has 0 aromatic carbocycles. The summed E-state index contributed by atoms with van der Waals surface area (Å²) in [5.41, 5.74) is 0. The van der Waals surface area contributed by atoms with Gasteiger partial charge < -0.3 is 19.7 Å². The third-order valence-electron chi connectivity index (χ3n) is 0.807. The molecule has 1 atom stereocenters. The van der Waals surface area contributed by atoms with Crippen molar-refractivity contribution in [2.75, 3.05) is 26.9 Å². The van der Waals surface area contributed by atoms with Gasteiger partial charge in [-0.15, -0.1) is 0 Å². The van der Waals surface area contributed by atoms with E-state index in [2.05, 4.69) is 4.74 Å². The van der Waals surface area contributed by atoms with Crippen molar-refractivity contribution in [2.45, 2.75) is 6.29 Å². The molecule has 0 unspecified atom stereocenters. The van der Waals surface area contributed by atoms with E-state index in [0.29, 0.717) is 0 Å². The van der Waals surface area contributed by atoms with Crippen LogP contribution in [0, 0.1) is 0 Å². The smallest absolute Gasteiger partial charge is 0.394 e. The zero-order chi connectivity index (χ0) is 11.6. The third-order valence-corrected chi connectivity index (χ3v) is 0.807. The van der Waals surface area contributed by atoms with Gasteiger partial charge in [0, 0.05) is 7.11 Å². The summed E-state index contributed by atoms with van der Waals surface area (Å²) in [5.74, 6) is 0. The minimum atomic E-state index is -5.94. The van der Waals surface area contributed by atoms with Gasteiger partial charge in [-0.05, 0) is 0 Å². The number of methoxy groups -OCH3 is 1. The molecule has 0 rings (SSSR count). The van der Waals surface area contributed by atoms with Crippen LogP contribution in [-0.2, 0) is 9.47 Å². The minimum Gasteiger partial charge on any atom is -0.394 e. The summed E-state index contributed by atoms with van der Waals surface area (Å²) in [6.45, 7) is -0.0462. The number of halogens is 1. The molecule has 0 spiro atoms. The summed E-state index contributed by atoms with van der Waals surface area (Å²) in [6.07, 6.45) is -0.600. The number of aliphatic hydroxyl groups excluding tert-OH is 2. The van der Waals surface area contributed by atoms with Crippen molar-refractivity contribution in [3.8, 4) is 0 Å². The molecule has 0 saturated heterocycles. The summed E-state index contributed by atoms with van der Waals surface area (Å²) < 4.78 is 43.9. The van der Waals surface area contributed by atoms with Gasteiger partial charge in [0.2, 0.25) is 0 Å². The Morgan fingerprint density at radius 3 is 1.80 bits per heavy atom. The van der Waals surface area contributed by atoms with Gasteiger partial charge in [-0.25, -0.2) is 0 Å². The van der Waals surface area contributed by atoms with Crippen LogP contribution in [0.4, 0.5) is 0 Å². The molecule has 88 valence electrons. The first-order valence-electron chi connectivity index (χ1n) is 3.33. The van der Waals surface area contributed by atoms with Crippen LogP contribution in [0.25, 0.3) is 0 Å². The largest absolute Gasteiger partial charge is 1.00 e. The zero-order valence-corrected chi connectivity index (χ0v) is 12.6. The van der Waals surface area contributed by atoms with Gasteiger partial charge in [-0.2, -0.15) is 0 Å². The topological polar surface area (TPSA) is 151 Å². The molecular formula is C5H12INaO8. The van der Waals surface area contributed by atoms with Crippen molar-refractivity contribution in [2.24, 2.45) is 0 Å². The molecule has 0 heterocycles. The number of aliphatic hydroxyl groups is 2. The predicted molar refractivity (Wildman–Crippen MR) is 30.9 cm³/mol. The fourth-order valence-electron chi connectivity index (χ4n) is 0.379. The second-order valence-electron chi connectivity index (χ2n) is 1.82. The first-order chi connectivity index (χ1) is 6.35. The Kier molecular flexibility index (Phi) is 19.5. The SMILES string of the molecule is CO[C@H](CO)OCCO.[Na+].[O-][I+3]([O-])([O-])[O-]. The van der Waals surface area contributed by atoms with Gasteiger partial charge in [-0.1, -0.05) is 0 Å². The molecule has 15 heavy (non-hydrogen) atoms. The summed E-state index contributed by atoms with van der Waals surface area (Å²) in [5, 5.41) is 16.7. The molecule has 0 aliphatic rings. The van der Waals surface area contributed by atoms with E-state index in [4.69, 9.17) is 28.7 Å². The molecule has 0 aliphatic heterocycles. The van der Waals surface area contributed by atoms with E-state index in [1.54, 1.807) is 0 Å². The van der Waals surface area contributed by atoms with Crippen LogP contribution in [0.1, 0.15) is 0 Å². The van der Waals surface area contributed by atoms with Crippen molar-refractivity contribution < 1.29 is 83.1 Å². The maximum Gasteiger partial charge on any atom is 1.00 e. The van der Waals surface area contributed by atoms with E-state index < -0.39 is 26.4 Å². The van der Waals surface area contributed by atoms with Crippen LogP contribution in [0.15, 0.2) is 0 Å². The average molecular weight is 350 g/mol. The van der Waals surface area contributed by atoms with Gasteiger partial charge in [0.25, 0.3) is 0 Å². The van der Waals surface area contributed by atoms with Gasteiger partial charge in [0.1, 0.15) is 20.1 Å². The summed E-state index contributed by atoms with van der Waals surface area (Å²) in [7, 11) is 1.43. The molecule has 0 bridgehead atoms. The molecule has 0 fully saturated rings. The first-order valence-corrected chi connectivity index (χ1v) is 6.85. The van der Waals surface area contributed by atoms with E-state index in [-0.39, 0.29) is 49.4 Å². The number of hydrogen-bond donors (Lipinski definition) is 2. The van der Waals surface area contributed by atoms with Crippen LogP contribution in [0.5, 0.6) is 0 Å². The molecule has 0 radical (unpaired) electrons. The molecule has 0 aromatic rings. The molecule has 0 amide bonds. The molecule has 0 aromatic heterocycles. The first kappa shape index (κ1) is 21.7. The van der Waals surface area contributed by atoms with E-state index in [0.717, 1.165) is 0 Å². The standard InChI is InChI=1S/C5H12O4.IO4.Na/c1-8-5(4-7)9-3-2-6;2-1(3,4)5;/h5-7H,2-4H2,1H3;;/q;-1;+1/t5-;;/m0../s1. The normalized spacial score (nSPS) is 12.2. The van der Waals surface area contributed by atoms with Crippen molar-refractivity contribution in [3.05, 3.63) is 0 Å². The van der Waals surface area contributed by atoms with Crippen LogP contribution in [0.2, 0.25) is 0 Å². The minimum absolute atomic E-state index is 0. The second kappa shape index (κ2) is 13.5. The molecular weight excluding hydrogens is 338 g/mol. The van der Waals surface area contributed by atoms with Crippen LogP contribution >= 0.6 is 0 Å². The van der Waals surface area contributed by atoms with E-state index in [1.807, 2.05) is 0 Å². The van der Waals surface area contributed by atoms with Crippen LogP contribution in [0.3, 0.4) is 0 Å². The maximum absolute atomic E-state index is 8.62. The summed E-state index contributed by atoms with van der Waals surface area (Å²) in [6, 6.07) is 0. The Labute approximate surface area is 115 Å². The Morgan fingerprint density at radius 2 is 1.60 bits per heavy atom. The molecule has 2 N–H and O–H groups in total. The summed E-state index contributed by atoms with van der Waals surface area (Å²) in [4.78, 5) is 0. The molecule has 8 nitrogen and oxygen atoms in total.